The number of nitrogens with one attached hydrogen (secondary N) is 1. The Labute approximate surface area is 106 Å². The average Bonchev–Trinajstić information content (AvgIpc) is 2.69. The molecule has 0 bridgehead atoms. The van der Waals surface area contributed by atoms with Gasteiger partial charge in [-0.05, 0) is 48.1 Å². The van der Waals surface area contributed by atoms with E-state index in [9.17, 15) is 4.79 Å². The first-order chi connectivity index (χ1) is 7.61. The molecule has 16 heavy (non-hydrogen) atoms. The molecule has 2 rings (SSSR count). The first-order valence-corrected chi connectivity index (χ1v) is 6.05. The van der Waals surface area contributed by atoms with Crippen LogP contribution in [-0.2, 0) is 6.42 Å². The van der Waals surface area contributed by atoms with Crippen LogP contribution in [-0.4, -0.2) is 9.97 Å². The quantitative estimate of drug-likeness (QED) is 0.861. The normalized spacial score (nSPS) is 10.7. The maximum absolute atomic E-state index is 11.7. The Hall–Kier alpha value is -1.11. The third-order valence-corrected chi connectivity index (χ3v) is 3.35. The van der Waals surface area contributed by atoms with Crippen molar-refractivity contribution >= 4 is 22.6 Å². The third-order valence-electron chi connectivity index (χ3n) is 2.24. The number of furan rings is 1. The zero-order valence-corrected chi connectivity index (χ0v) is 11.2. The summed E-state index contributed by atoms with van der Waals surface area (Å²) in [6.07, 6.45) is 0.731. The van der Waals surface area contributed by atoms with Crippen molar-refractivity contribution in [1.29, 1.82) is 0 Å². The van der Waals surface area contributed by atoms with Gasteiger partial charge in [-0.3, -0.25) is 4.79 Å². The van der Waals surface area contributed by atoms with Crippen LogP contribution in [0.5, 0.6) is 0 Å². The summed E-state index contributed by atoms with van der Waals surface area (Å²) in [4.78, 5) is 18.7. The molecule has 84 valence electrons. The topological polar surface area (TPSA) is 58.9 Å². The molecule has 0 saturated carbocycles. The number of hydrogen-bond acceptors (Lipinski definition) is 3. The predicted octanol–water partition coefficient (Wildman–Crippen LogP) is 2.51. The van der Waals surface area contributed by atoms with E-state index in [0.717, 1.165) is 17.9 Å². The summed E-state index contributed by atoms with van der Waals surface area (Å²) in [6, 6.07) is 3.65. The fourth-order valence-electron chi connectivity index (χ4n) is 1.42. The molecule has 0 spiro atoms. The van der Waals surface area contributed by atoms with Crippen molar-refractivity contribution in [3.05, 3.63) is 37.5 Å². The monoisotopic (exact) mass is 330 g/mol. The summed E-state index contributed by atoms with van der Waals surface area (Å²) < 4.78 is 6.07. The zero-order valence-electron chi connectivity index (χ0n) is 9.00. The molecular weight excluding hydrogens is 319 g/mol. The molecule has 0 amide bonds. The van der Waals surface area contributed by atoms with Crippen LogP contribution in [0.4, 0.5) is 0 Å². The van der Waals surface area contributed by atoms with Crippen LogP contribution in [0.1, 0.15) is 18.4 Å². The zero-order chi connectivity index (χ0) is 11.7. The maximum atomic E-state index is 11.7. The van der Waals surface area contributed by atoms with Crippen molar-refractivity contribution in [2.75, 3.05) is 0 Å². The number of hydrogen-bond donors (Lipinski definition) is 1. The van der Waals surface area contributed by atoms with Crippen molar-refractivity contribution in [2.45, 2.75) is 20.3 Å². The lowest BCUT2D eigenvalue weighted by Crippen LogP contribution is -2.15. The summed E-state index contributed by atoms with van der Waals surface area (Å²) in [6.45, 7) is 3.83. The van der Waals surface area contributed by atoms with Gasteiger partial charge in [-0.2, -0.15) is 0 Å². The van der Waals surface area contributed by atoms with E-state index in [-0.39, 0.29) is 5.56 Å². The Kier molecular flexibility index (Phi) is 3.13. The second-order valence-corrected chi connectivity index (χ2v) is 4.52. The number of nitrogens with zero attached hydrogens (tertiary/aromatic N) is 1. The largest absolute Gasteiger partial charge is 0.458 e. The fraction of sp³-hybridized carbons (Fsp3) is 0.273. The Morgan fingerprint density at radius 2 is 2.25 bits per heavy atom. The molecule has 0 atom stereocenters. The van der Waals surface area contributed by atoms with Crippen LogP contribution >= 0.6 is 22.6 Å². The van der Waals surface area contributed by atoms with Gasteiger partial charge < -0.3 is 9.40 Å². The second-order valence-electron chi connectivity index (χ2n) is 3.44. The molecule has 0 radical (unpaired) electrons. The summed E-state index contributed by atoms with van der Waals surface area (Å²) in [5, 5.41) is 0. The number of aromatic amines is 1. The lowest BCUT2D eigenvalue weighted by molar-refractivity contribution is 0.543. The molecule has 0 aromatic carbocycles. The van der Waals surface area contributed by atoms with E-state index in [2.05, 4.69) is 9.97 Å². The summed E-state index contributed by atoms with van der Waals surface area (Å²) in [5.74, 6) is 1.89. The predicted molar refractivity (Wildman–Crippen MR) is 69.4 cm³/mol. The number of halogens is 1. The number of aryl methyl sites for hydroxylation is 2. The molecular formula is C11H11IN2O2. The van der Waals surface area contributed by atoms with Gasteiger partial charge >= 0.3 is 0 Å². The Morgan fingerprint density at radius 3 is 2.81 bits per heavy atom. The molecule has 0 fully saturated rings. The summed E-state index contributed by atoms with van der Waals surface area (Å²) in [7, 11) is 0. The van der Waals surface area contributed by atoms with Gasteiger partial charge in [0.2, 0.25) is 0 Å². The number of rotatable bonds is 2. The minimum atomic E-state index is -0.114. The molecule has 2 heterocycles. The van der Waals surface area contributed by atoms with Gasteiger partial charge in [-0.25, -0.2) is 4.98 Å². The molecule has 2 aromatic heterocycles. The lowest BCUT2D eigenvalue weighted by atomic mass is 10.3. The van der Waals surface area contributed by atoms with Gasteiger partial charge in [0.25, 0.3) is 5.56 Å². The second kappa shape index (κ2) is 4.40. The van der Waals surface area contributed by atoms with Crippen LogP contribution in [0.15, 0.2) is 21.3 Å². The molecule has 0 saturated heterocycles. The lowest BCUT2D eigenvalue weighted by Gasteiger charge is -2.02. The first kappa shape index (κ1) is 11.4. The Balaban J connectivity index is 2.59. The summed E-state index contributed by atoms with van der Waals surface area (Å²) >= 11 is 2.01. The molecule has 2 aromatic rings. The molecule has 5 heteroatoms. The maximum Gasteiger partial charge on any atom is 0.264 e. The first-order valence-electron chi connectivity index (χ1n) is 4.97. The minimum Gasteiger partial charge on any atom is -0.458 e. The van der Waals surface area contributed by atoms with Crippen molar-refractivity contribution in [3.8, 4) is 11.6 Å². The van der Waals surface area contributed by atoms with Gasteiger partial charge in [-0.15, -0.1) is 0 Å². The van der Waals surface area contributed by atoms with Crippen molar-refractivity contribution < 1.29 is 4.42 Å². The molecule has 0 aliphatic carbocycles. The SMILES string of the molecule is CCc1nc(-c2ccc(C)o2)[nH]c(=O)c1I. The van der Waals surface area contributed by atoms with Crippen LogP contribution < -0.4 is 5.56 Å². The smallest absolute Gasteiger partial charge is 0.264 e. The standard InChI is InChI=1S/C11H11IN2O2/c1-3-7-9(12)11(15)14-10(13-7)8-5-4-6(2)16-8/h4-5H,3H2,1-2H3,(H,13,14,15). The van der Waals surface area contributed by atoms with E-state index in [0.29, 0.717) is 15.2 Å². The highest BCUT2D eigenvalue weighted by molar-refractivity contribution is 14.1. The highest BCUT2D eigenvalue weighted by atomic mass is 127. The van der Waals surface area contributed by atoms with Crippen LogP contribution in [0.25, 0.3) is 11.6 Å². The highest BCUT2D eigenvalue weighted by Gasteiger charge is 2.10. The third kappa shape index (κ3) is 2.04. The molecule has 0 aliphatic heterocycles. The van der Waals surface area contributed by atoms with E-state index >= 15 is 0 Å². The van der Waals surface area contributed by atoms with Crippen molar-refractivity contribution in [2.24, 2.45) is 0 Å². The number of H-pyrrole nitrogens is 1. The van der Waals surface area contributed by atoms with Crippen LogP contribution in [0.3, 0.4) is 0 Å². The van der Waals surface area contributed by atoms with Gasteiger partial charge in [0, 0.05) is 0 Å². The highest BCUT2D eigenvalue weighted by Crippen LogP contribution is 2.18. The van der Waals surface area contributed by atoms with E-state index < -0.39 is 0 Å². The Morgan fingerprint density at radius 1 is 1.50 bits per heavy atom. The van der Waals surface area contributed by atoms with Crippen LogP contribution in [0, 0.1) is 10.5 Å². The molecule has 0 aliphatic rings. The van der Waals surface area contributed by atoms with E-state index in [1.165, 1.54) is 0 Å². The number of aromatic nitrogens is 2. The van der Waals surface area contributed by atoms with E-state index in [1.54, 1.807) is 6.07 Å². The summed E-state index contributed by atoms with van der Waals surface area (Å²) in [5.41, 5.74) is 0.685. The fourth-order valence-corrected chi connectivity index (χ4v) is 2.06. The Bertz CT molecular complexity index is 572. The van der Waals surface area contributed by atoms with Crippen molar-refractivity contribution in [1.82, 2.24) is 9.97 Å². The molecule has 1 N–H and O–H groups in total. The molecule has 4 nitrogen and oxygen atoms in total. The van der Waals surface area contributed by atoms with Gasteiger partial charge in [-0.1, -0.05) is 6.92 Å². The van der Waals surface area contributed by atoms with Crippen LogP contribution in [0.2, 0.25) is 0 Å². The minimum absolute atomic E-state index is 0.114. The molecule has 0 unspecified atom stereocenters. The van der Waals surface area contributed by atoms with E-state index in [1.807, 2.05) is 42.5 Å². The van der Waals surface area contributed by atoms with Gasteiger partial charge in [0.1, 0.15) is 5.76 Å². The average molecular weight is 330 g/mol. The van der Waals surface area contributed by atoms with E-state index in [4.69, 9.17) is 4.42 Å². The van der Waals surface area contributed by atoms with Crippen molar-refractivity contribution in [3.63, 3.8) is 0 Å². The van der Waals surface area contributed by atoms with Gasteiger partial charge in [0.05, 0.1) is 9.26 Å². The van der Waals surface area contributed by atoms with Gasteiger partial charge in [0.15, 0.2) is 11.6 Å².